The minimum absolute atomic E-state index is 0.0887. The third-order valence-corrected chi connectivity index (χ3v) is 4.39. The van der Waals surface area contributed by atoms with E-state index >= 15 is 0 Å². The first-order valence-electron chi connectivity index (χ1n) is 9.01. The maximum absolute atomic E-state index is 12.9. The second kappa shape index (κ2) is 8.42. The molecule has 1 aromatic heterocycles. The van der Waals surface area contributed by atoms with E-state index in [1.54, 1.807) is 69.3 Å². The second-order valence-electron chi connectivity index (χ2n) is 7.45. The molecule has 0 fully saturated rings. The number of hydrogen-bond acceptors (Lipinski definition) is 4. The van der Waals surface area contributed by atoms with Crippen LogP contribution in [-0.2, 0) is 4.74 Å². The van der Waals surface area contributed by atoms with Crippen LogP contribution in [0.25, 0.3) is 11.4 Å². The summed E-state index contributed by atoms with van der Waals surface area (Å²) in [5.74, 6) is -0.561. The Morgan fingerprint density at radius 2 is 1.73 bits per heavy atom. The number of hydrogen-bond donors (Lipinski definition) is 0. The van der Waals surface area contributed by atoms with E-state index in [2.05, 4.69) is 6.58 Å². The number of anilines is 1. The Hall–Kier alpha value is -2.96. The van der Waals surface area contributed by atoms with Crippen molar-refractivity contribution in [1.82, 2.24) is 4.57 Å². The monoisotopic (exact) mass is 446 g/mol. The number of oxazole rings is 1. The zero-order valence-corrected chi connectivity index (χ0v) is 18.2. The van der Waals surface area contributed by atoms with E-state index < -0.39 is 17.5 Å². The van der Waals surface area contributed by atoms with E-state index in [1.807, 2.05) is 0 Å². The Morgan fingerprint density at radius 1 is 1.10 bits per heavy atom. The van der Waals surface area contributed by atoms with Gasteiger partial charge in [0, 0.05) is 10.0 Å². The van der Waals surface area contributed by atoms with Crippen LogP contribution in [-0.4, -0.2) is 16.3 Å². The summed E-state index contributed by atoms with van der Waals surface area (Å²) in [6.07, 6.45) is 0.756. The summed E-state index contributed by atoms with van der Waals surface area (Å²) in [7, 11) is 0. The number of ether oxygens (including phenoxy) is 1. The Morgan fingerprint density at radius 3 is 2.33 bits per heavy atom. The van der Waals surface area contributed by atoms with Crippen LogP contribution in [0.4, 0.5) is 10.5 Å². The SMILES string of the molecule is C=C(c1cn(-c2cccc(Cl)c2)c(=O)o1)N(C(=O)OC(C)(C)C)c1cccc(Cl)c1. The molecule has 0 aliphatic rings. The van der Waals surface area contributed by atoms with E-state index in [4.69, 9.17) is 32.4 Å². The molecule has 0 spiro atoms. The highest BCUT2D eigenvalue weighted by Crippen LogP contribution is 2.29. The number of benzene rings is 2. The van der Waals surface area contributed by atoms with Crippen LogP contribution >= 0.6 is 23.2 Å². The molecule has 3 aromatic rings. The smallest absolute Gasteiger partial charge is 0.424 e. The third-order valence-electron chi connectivity index (χ3n) is 3.92. The molecule has 30 heavy (non-hydrogen) atoms. The minimum Gasteiger partial charge on any atom is -0.443 e. The van der Waals surface area contributed by atoms with Crippen LogP contribution < -0.4 is 10.7 Å². The van der Waals surface area contributed by atoms with Gasteiger partial charge in [-0.1, -0.05) is 41.9 Å². The average molecular weight is 447 g/mol. The van der Waals surface area contributed by atoms with Gasteiger partial charge < -0.3 is 9.15 Å². The first-order chi connectivity index (χ1) is 14.0. The molecule has 2 aromatic carbocycles. The predicted molar refractivity (Wildman–Crippen MR) is 119 cm³/mol. The molecular weight excluding hydrogens is 427 g/mol. The summed E-state index contributed by atoms with van der Waals surface area (Å²) >= 11 is 12.1. The minimum atomic E-state index is -0.748. The van der Waals surface area contributed by atoms with Crippen molar-refractivity contribution >= 4 is 40.7 Å². The quantitative estimate of drug-likeness (QED) is 0.481. The highest BCUT2D eigenvalue weighted by Gasteiger charge is 2.28. The van der Waals surface area contributed by atoms with Gasteiger partial charge in [0.25, 0.3) is 0 Å². The molecule has 1 heterocycles. The lowest BCUT2D eigenvalue weighted by Gasteiger charge is -2.27. The van der Waals surface area contributed by atoms with Gasteiger partial charge in [0.15, 0.2) is 5.76 Å². The van der Waals surface area contributed by atoms with E-state index in [-0.39, 0.29) is 11.5 Å². The highest BCUT2D eigenvalue weighted by molar-refractivity contribution is 6.31. The number of aromatic nitrogens is 1. The number of halogens is 2. The molecule has 0 saturated heterocycles. The molecule has 1 amide bonds. The standard InChI is InChI=1S/C22H20Cl2N2O4/c1-14(19-13-25(20(27)29-19)17-9-5-7-15(23)11-17)26(21(28)30-22(2,3)4)18-10-6-8-16(24)12-18/h5-13H,1H2,2-4H3. The van der Waals surface area contributed by atoms with E-state index in [1.165, 1.54) is 15.7 Å². The van der Waals surface area contributed by atoms with Gasteiger partial charge in [0.05, 0.1) is 23.3 Å². The molecule has 0 atom stereocenters. The van der Waals surface area contributed by atoms with E-state index in [9.17, 15) is 9.59 Å². The lowest BCUT2D eigenvalue weighted by atomic mass is 10.2. The topological polar surface area (TPSA) is 64.7 Å². The lowest BCUT2D eigenvalue weighted by Crippen LogP contribution is -2.35. The van der Waals surface area contributed by atoms with Crippen molar-refractivity contribution in [1.29, 1.82) is 0 Å². The zero-order valence-electron chi connectivity index (χ0n) is 16.7. The zero-order chi connectivity index (χ0) is 22.1. The van der Waals surface area contributed by atoms with Crippen molar-refractivity contribution in [3.8, 4) is 5.69 Å². The largest absolute Gasteiger partial charge is 0.443 e. The van der Waals surface area contributed by atoms with Crippen LogP contribution in [0.1, 0.15) is 26.5 Å². The van der Waals surface area contributed by atoms with Crippen LogP contribution in [0.2, 0.25) is 10.0 Å². The summed E-state index contributed by atoms with van der Waals surface area (Å²) in [6, 6.07) is 13.4. The fourth-order valence-electron chi connectivity index (χ4n) is 2.68. The Kier molecular flexibility index (Phi) is 6.10. The normalized spacial score (nSPS) is 11.2. The molecule has 0 aliphatic heterocycles. The van der Waals surface area contributed by atoms with Gasteiger partial charge in [-0.2, -0.15) is 0 Å². The summed E-state index contributed by atoms with van der Waals surface area (Å²) < 4.78 is 12.2. The fourth-order valence-corrected chi connectivity index (χ4v) is 3.05. The number of nitrogens with zero attached hydrogens (tertiary/aromatic N) is 2. The molecule has 0 saturated carbocycles. The first-order valence-corrected chi connectivity index (χ1v) is 9.77. The lowest BCUT2D eigenvalue weighted by molar-refractivity contribution is 0.0600. The van der Waals surface area contributed by atoms with E-state index in [0.29, 0.717) is 21.4 Å². The maximum atomic E-state index is 12.9. The molecule has 0 N–H and O–H groups in total. The van der Waals surface area contributed by atoms with Crippen molar-refractivity contribution < 1.29 is 13.9 Å². The highest BCUT2D eigenvalue weighted by atomic mass is 35.5. The number of carbonyl (C=O) groups is 1. The van der Waals surface area contributed by atoms with Gasteiger partial charge >= 0.3 is 11.8 Å². The van der Waals surface area contributed by atoms with Gasteiger partial charge in [-0.15, -0.1) is 0 Å². The Bertz CT molecular complexity index is 1160. The van der Waals surface area contributed by atoms with Crippen molar-refractivity contribution in [2.24, 2.45) is 0 Å². The summed E-state index contributed by atoms with van der Waals surface area (Å²) in [5, 5.41) is 0.891. The van der Waals surface area contributed by atoms with Gasteiger partial charge in [0.1, 0.15) is 5.60 Å². The molecule has 6 nitrogen and oxygen atoms in total. The van der Waals surface area contributed by atoms with Crippen LogP contribution in [0.15, 0.2) is 70.5 Å². The van der Waals surface area contributed by atoms with Crippen molar-refractivity contribution in [2.45, 2.75) is 26.4 Å². The number of amides is 1. The van der Waals surface area contributed by atoms with Crippen LogP contribution in [0, 0.1) is 0 Å². The molecule has 0 radical (unpaired) electrons. The van der Waals surface area contributed by atoms with Gasteiger partial charge in [0.2, 0.25) is 0 Å². The number of rotatable bonds is 4. The van der Waals surface area contributed by atoms with Crippen LogP contribution in [0.3, 0.4) is 0 Å². The van der Waals surface area contributed by atoms with Gasteiger partial charge in [-0.25, -0.2) is 19.1 Å². The van der Waals surface area contributed by atoms with Crippen molar-refractivity contribution in [2.75, 3.05) is 4.90 Å². The molecule has 3 rings (SSSR count). The summed E-state index contributed by atoms with van der Waals surface area (Å²) in [6.45, 7) is 9.21. The van der Waals surface area contributed by atoms with E-state index in [0.717, 1.165) is 0 Å². The summed E-state index contributed by atoms with van der Waals surface area (Å²) in [5.41, 5.74) is 0.299. The average Bonchev–Trinajstić information content (AvgIpc) is 3.02. The third kappa shape index (κ3) is 4.96. The molecule has 0 bridgehead atoms. The van der Waals surface area contributed by atoms with Crippen molar-refractivity contribution in [3.63, 3.8) is 0 Å². The molecular formula is C22H20Cl2N2O4. The molecule has 8 heteroatoms. The predicted octanol–water partition coefficient (Wildman–Crippen LogP) is 6.15. The van der Waals surface area contributed by atoms with Gasteiger partial charge in [-0.3, -0.25) is 0 Å². The molecule has 156 valence electrons. The maximum Gasteiger partial charge on any atom is 0.424 e. The van der Waals surface area contributed by atoms with Crippen molar-refractivity contribution in [3.05, 3.63) is 87.7 Å². The Balaban J connectivity index is 2.04. The molecule has 0 aliphatic carbocycles. The van der Waals surface area contributed by atoms with Crippen LogP contribution in [0.5, 0.6) is 0 Å². The Labute approximate surface area is 183 Å². The first kappa shape index (κ1) is 21.7. The van der Waals surface area contributed by atoms with Gasteiger partial charge in [-0.05, 0) is 57.2 Å². The molecule has 0 unspecified atom stereocenters. The number of carbonyl (C=O) groups excluding carboxylic acids is 1. The second-order valence-corrected chi connectivity index (χ2v) is 8.33. The fraction of sp³-hybridized carbons (Fsp3) is 0.182. The summed E-state index contributed by atoms with van der Waals surface area (Å²) in [4.78, 5) is 26.6.